The zero-order chi connectivity index (χ0) is 31.3. The summed E-state index contributed by atoms with van der Waals surface area (Å²) >= 11 is 4.64. The Balaban J connectivity index is -0.000000532. The molecule has 42 heavy (non-hydrogen) atoms. The number of hydrogen-bond acceptors (Lipinski definition) is 9. The highest BCUT2D eigenvalue weighted by atomic mass is 127. The lowest BCUT2D eigenvalue weighted by Gasteiger charge is -2.33. The number of esters is 3. The fourth-order valence-corrected chi connectivity index (χ4v) is 8.10. The molecule has 1 saturated heterocycles. The van der Waals surface area contributed by atoms with E-state index in [4.69, 9.17) is 19.3 Å². The molecule has 0 spiro atoms. The van der Waals surface area contributed by atoms with Gasteiger partial charge in [0.05, 0.1) is 43.2 Å². The van der Waals surface area contributed by atoms with Gasteiger partial charge in [-0.05, 0) is 83.5 Å². The predicted octanol–water partition coefficient (Wildman–Crippen LogP) is 2.23. The van der Waals surface area contributed by atoms with Crippen molar-refractivity contribution in [3.63, 3.8) is 0 Å². The molecule has 3 saturated carbocycles. The van der Waals surface area contributed by atoms with E-state index in [2.05, 4.69) is 59.0 Å². The Morgan fingerprint density at radius 3 is 1.88 bits per heavy atom. The van der Waals surface area contributed by atoms with Crippen LogP contribution < -0.4 is 4.70 Å². The Morgan fingerprint density at radius 2 is 1.36 bits per heavy atom. The van der Waals surface area contributed by atoms with Crippen LogP contribution in [0.1, 0.15) is 89.3 Å². The average molecular weight is 834 g/mol. The number of aliphatic hydroxyl groups is 3. The van der Waals surface area contributed by atoms with Gasteiger partial charge in [-0.3, -0.25) is 14.4 Å². The quantitative estimate of drug-likeness (QED) is 0.169. The van der Waals surface area contributed by atoms with Crippen molar-refractivity contribution in [3.05, 3.63) is 0 Å². The van der Waals surface area contributed by atoms with Crippen molar-refractivity contribution in [2.45, 2.75) is 113 Å². The van der Waals surface area contributed by atoms with Gasteiger partial charge in [-0.2, -0.15) is 0 Å². The van der Waals surface area contributed by atoms with E-state index in [-0.39, 0.29) is 72.1 Å². The lowest BCUT2D eigenvalue weighted by atomic mass is 9.79. The highest BCUT2D eigenvalue weighted by molar-refractivity contribution is 14.1. The van der Waals surface area contributed by atoms with Crippen LogP contribution in [0.4, 0.5) is 0 Å². The molecule has 252 valence electrons. The van der Waals surface area contributed by atoms with E-state index in [0.29, 0.717) is 47.7 Å². The number of rotatable bonds is 4. The summed E-state index contributed by atoms with van der Waals surface area (Å²) in [5, 5.41) is 26.6. The molecule has 4 rings (SSSR count). The van der Waals surface area contributed by atoms with Gasteiger partial charge in [0.2, 0.25) is 0 Å². The number of fused-ring (bicyclic) bond motifs is 2. The second kappa shape index (κ2) is 21.4. The summed E-state index contributed by atoms with van der Waals surface area (Å²) in [7, 11) is 0. The molecule has 11 atom stereocenters. The standard InChI is InChI=1S/C10H17IO3.C10H18O3.C8H11IO2.C2H6O.FH.H2.H/c1-3-14-10(13)7-5-9(12)8(11)4-6(7)2;1-3-13-10(12)9-6-8(11)5-4-7(9)2;1-4-2-6(9)7-3-5(4)8(10)11-7;1-2-3;;;/h6-9,12H,3-5H2,1-2H3;7-9,11H,3-6H2,1-2H3;4-7H,2-3H2,1H3;3H,2H2,1H3;2*1H;/q;;;;;;-1/p-1/t6-,7-,8+,9+;7-,8-,9-;4-,5-,6+,7+;;;;/m111..../s1/i;;;;;1+1;. The molecule has 2 bridgehead atoms. The van der Waals surface area contributed by atoms with Crippen LogP contribution >= 0.6 is 45.2 Å². The first-order valence-electron chi connectivity index (χ1n) is 15.1. The number of halogens is 3. The van der Waals surface area contributed by atoms with Crippen LogP contribution in [0.2, 0.25) is 0 Å². The van der Waals surface area contributed by atoms with E-state index in [1.165, 1.54) is 0 Å². The highest BCUT2D eigenvalue weighted by Gasteiger charge is 2.46. The first kappa shape index (κ1) is 41.7. The second-order valence-electron chi connectivity index (χ2n) is 11.6. The van der Waals surface area contributed by atoms with Crippen molar-refractivity contribution < 1.29 is 51.5 Å². The average Bonchev–Trinajstić information content (AvgIpc) is 3.26. The van der Waals surface area contributed by atoms with Crippen molar-refractivity contribution in [2.24, 2.45) is 35.5 Å². The number of hydrogen-bond donors (Lipinski definition) is 3. The van der Waals surface area contributed by atoms with E-state index >= 15 is 0 Å². The van der Waals surface area contributed by atoms with Gasteiger partial charge in [-0.1, -0.05) is 66.0 Å². The van der Waals surface area contributed by atoms with Crippen molar-refractivity contribution >= 4 is 63.1 Å². The first-order valence-corrected chi connectivity index (χ1v) is 17.6. The maximum absolute atomic E-state index is 11.5. The van der Waals surface area contributed by atoms with Gasteiger partial charge in [0.15, 0.2) is 0 Å². The Hall–Kier alpha value is -0.320. The minimum absolute atomic E-state index is 0. The van der Waals surface area contributed by atoms with Gasteiger partial charge in [0.25, 0.3) is 0 Å². The number of carbonyl (C=O) groups is 3. The monoisotopic (exact) mass is 833 g/mol. The van der Waals surface area contributed by atoms with Gasteiger partial charge < -0.3 is 35.7 Å². The van der Waals surface area contributed by atoms with E-state index in [0.717, 1.165) is 32.1 Å². The van der Waals surface area contributed by atoms with Crippen LogP contribution in [0.25, 0.3) is 0 Å². The van der Waals surface area contributed by atoms with Gasteiger partial charge in [-0.15, -0.1) is 0 Å². The maximum Gasteiger partial charge on any atom is 0.309 e. The third-order valence-corrected chi connectivity index (χ3v) is 10.9. The Labute approximate surface area is 281 Å². The lowest BCUT2D eigenvalue weighted by Crippen LogP contribution is -3.00. The Bertz CT molecular complexity index is 816. The molecule has 9 nitrogen and oxygen atoms in total. The van der Waals surface area contributed by atoms with Gasteiger partial charge in [0, 0.05) is 15.9 Å². The lowest BCUT2D eigenvalue weighted by molar-refractivity contribution is -0.153. The zero-order valence-electron chi connectivity index (χ0n) is 26.8. The van der Waals surface area contributed by atoms with Crippen LogP contribution in [0.5, 0.6) is 0 Å². The van der Waals surface area contributed by atoms with Crippen LogP contribution in [0.15, 0.2) is 0 Å². The molecule has 3 aliphatic carbocycles. The fraction of sp³-hybridized carbons (Fsp3) is 0.900. The second-order valence-corrected chi connectivity index (χ2v) is 14.8. The van der Waals surface area contributed by atoms with E-state index in [9.17, 15) is 24.6 Å². The molecule has 0 unspecified atom stereocenters. The predicted molar refractivity (Wildman–Crippen MR) is 177 cm³/mol. The summed E-state index contributed by atoms with van der Waals surface area (Å²) in [5.41, 5.74) is 0. The zero-order valence-corrected chi connectivity index (χ0v) is 30.2. The number of carbonyl (C=O) groups excluding carboxylic acids is 3. The Kier molecular flexibility index (Phi) is 21.3. The van der Waals surface area contributed by atoms with Crippen LogP contribution in [0, 0.1) is 35.5 Å². The van der Waals surface area contributed by atoms with Crippen LogP contribution in [-0.2, 0) is 28.6 Å². The SMILES string of the molecule is CCO.CCOC(=O)[C@@H]1C[C@H](O)CC[C@H]1C.CCOC(=O)[C@@H]1C[C@H](O)[C@@H](I)C[C@H]1C.C[C@@H]1C[C@H](I)[C@@H]2C[C@H]1C(=O)O2.[2HH].[F-].[H-]. The van der Waals surface area contributed by atoms with Crippen LogP contribution in [-0.4, -0.2) is 79.2 Å². The Morgan fingerprint density at radius 1 is 0.857 bits per heavy atom. The largest absolute Gasteiger partial charge is 1.00 e. The molecule has 12 heteroatoms. The summed E-state index contributed by atoms with van der Waals surface area (Å²) in [6.45, 7) is 12.7. The van der Waals surface area contributed by atoms with E-state index in [1.54, 1.807) is 6.92 Å². The number of alkyl halides is 2. The van der Waals surface area contributed by atoms with Crippen molar-refractivity contribution in [1.29, 1.82) is 0 Å². The van der Waals surface area contributed by atoms with Crippen molar-refractivity contribution in [2.75, 3.05) is 19.8 Å². The summed E-state index contributed by atoms with van der Waals surface area (Å²) in [5.74, 6) is 0.952. The molecule has 3 N–H and O–H groups in total. The molecule has 0 radical (unpaired) electrons. The minimum Gasteiger partial charge on any atom is -1.00 e. The highest BCUT2D eigenvalue weighted by Crippen LogP contribution is 2.41. The molecule has 4 aliphatic rings. The van der Waals surface area contributed by atoms with Gasteiger partial charge in [0.1, 0.15) is 6.10 Å². The number of ether oxygens (including phenoxy) is 3. The molecular weight excluding hydrogens is 777 g/mol. The summed E-state index contributed by atoms with van der Waals surface area (Å²) < 4.78 is 16.0. The van der Waals surface area contributed by atoms with Gasteiger partial charge in [-0.25, -0.2) is 0 Å². The maximum atomic E-state index is 11.5. The van der Waals surface area contributed by atoms with Crippen LogP contribution in [0.3, 0.4) is 0 Å². The van der Waals surface area contributed by atoms with E-state index in [1.807, 2.05) is 20.8 Å². The molecule has 1 heterocycles. The molecule has 0 aromatic heterocycles. The van der Waals surface area contributed by atoms with Crippen molar-refractivity contribution in [3.8, 4) is 0 Å². The summed E-state index contributed by atoms with van der Waals surface area (Å²) in [4.78, 5) is 34.1. The molecule has 0 aromatic carbocycles. The number of aliphatic hydroxyl groups excluding tert-OH is 3. The first-order chi connectivity index (χ1) is 19.3. The topological polar surface area (TPSA) is 140 Å². The molecular formula is C30H55FI2O9-2. The molecule has 0 aromatic rings. The third kappa shape index (κ3) is 13.4. The minimum atomic E-state index is -0.360. The molecule has 0 amide bonds. The fourth-order valence-electron chi connectivity index (χ4n) is 5.76. The van der Waals surface area contributed by atoms with Crippen molar-refractivity contribution in [1.82, 2.24) is 0 Å². The van der Waals surface area contributed by atoms with E-state index < -0.39 is 0 Å². The third-order valence-electron chi connectivity index (χ3n) is 8.29. The van der Waals surface area contributed by atoms with Gasteiger partial charge >= 0.3 is 17.9 Å². The smallest absolute Gasteiger partial charge is 0.309 e. The normalized spacial score (nSPS) is 36.5. The summed E-state index contributed by atoms with van der Waals surface area (Å²) in [6, 6.07) is 0. The molecule has 4 fully saturated rings. The molecule has 1 aliphatic heterocycles. The summed E-state index contributed by atoms with van der Waals surface area (Å²) in [6.07, 6.45) is 5.41.